The van der Waals surface area contributed by atoms with Gasteiger partial charge in [-0.15, -0.1) is 0 Å². The Bertz CT molecular complexity index is 544. The molecule has 120 valence electrons. The van der Waals surface area contributed by atoms with E-state index < -0.39 is 10.0 Å². The number of benzene rings is 1. The highest BCUT2D eigenvalue weighted by Gasteiger charge is 2.21. The summed E-state index contributed by atoms with van der Waals surface area (Å²) in [6, 6.07) is 5.32. The summed E-state index contributed by atoms with van der Waals surface area (Å²) in [4.78, 5) is 0.340. The van der Waals surface area contributed by atoms with Crippen LogP contribution < -0.4 is 10.0 Å². The van der Waals surface area contributed by atoms with Crippen LogP contribution in [0.3, 0.4) is 0 Å². The van der Waals surface area contributed by atoms with Gasteiger partial charge in [0, 0.05) is 19.7 Å². The Labute approximate surface area is 128 Å². The molecule has 2 N–H and O–H groups in total. The van der Waals surface area contributed by atoms with Gasteiger partial charge in [-0.2, -0.15) is 0 Å². The minimum atomic E-state index is -3.53. The average molecular weight is 314 g/mol. The molecule has 6 heteroatoms. The Hall–Kier alpha value is -0.950. The van der Waals surface area contributed by atoms with Crippen LogP contribution in [0.1, 0.15) is 31.4 Å². The van der Waals surface area contributed by atoms with Crippen LogP contribution in [0, 0.1) is 6.92 Å². The van der Waals surface area contributed by atoms with E-state index in [1.165, 1.54) is 0 Å². The Morgan fingerprint density at radius 1 is 1.29 bits per heavy atom. The van der Waals surface area contributed by atoms with Crippen LogP contribution in [0.2, 0.25) is 0 Å². The van der Waals surface area contributed by atoms with Gasteiger partial charge in [-0.05, 0) is 37.1 Å². The third kappa shape index (κ3) is 5.39. The van der Waals surface area contributed by atoms with Crippen LogP contribution in [-0.2, 0) is 21.3 Å². The summed E-state index contributed by atoms with van der Waals surface area (Å²) in [6.45, 7) is 7.63. The van der Waals surface area contributed by atoms with Crippen LogP contribution >= 0.6 is 0 Å². The maximum Gasteiger partial charge on any atom is 0.241 e. The quantitative estimate of drug-likeness (QED) is 0.729. The van der Waals surface area contributed by atoms with Crippen molar-refractivity contribution in [2.75, 3.05) is 20.3 Å². The van der Waals surface area contributed by atoms with Crippen molar-refractivity contribution in [2.45, 2.75) is 44.7 Å². The lowest BCUT2D eigenvalue weighted by Crippen LogP contribution is -2.37. The first-order valence-electron chi connectivity index (χ1n) is 7.26. The molecule has 1 rings (SSSR count). The molecule has 0 fully saturated rings. The van der Waals surface area contributed by atoms with Crippen molar-refractivity contribution in [3.05, 3.63) is 29.3 Å². The summed E-state index contributed by atoms with van der Waals surface area (Å²) < 4.78 is 32.8. The topological polar surface area (TPSA) is 67.4 Å². The average Bonchev–Trinajstić information content (AvgIpc) is 2.45. The Balaban J connectivity index is 3.00. The summed E-state index contributed by atoms with van der Waals surface area (Å²) in [5.41, 5.74) is 1.71. The Morgan fingerprint density at radius 3 is 2.57 bits per heavy atom. The fraction of sp³-hybridized carbons (Fsp3) is 0.600. The van der Waals surface area contributed by atoms with Crippen molar-refractivity contribution in [3.63, 3.8) is 0 Å². The molecule has 0 saturated carbocycles. The van der Waals surface area contributed by atoms with Crippen LogP contribution in [0.5, 0.6) is 0 Å². The van der Waals surface area contributed by atoms with E-state index in [1.54, 1.807) is 13.2 Å². The summed E-state index contributed by atoms with van der Waals surface area (Å²) in [7, 11) is -1.96. The summed E-state index contributed by atoms with van der Waals surface area (Å²) >= 11 is 0. The Morgan fingerprint density at radius 2 is 2.00 bits per heavy atom. The third-order valence-electron chi connectivity index (χ3n) is 3.30. The molecule has 0 aliphatic rings. The highest BCUT2D eigenvalue weighted by Crippen LogP contribution is 2.18. The van der Waals surface area contributed by atoms with Gasteiger partial charge < -0.3 is 10.1 Å². The fourth-order valence-electron chi connectivity index (χ4n) is 2.03. The second-order valence-corrected chi connectivity index (χ2v) is 6.74. The second kappa shape index (κ2) is 8.48. The molecule has 1 aromatic carbocycles. The second-order valence-electron chi connectivity index (χ2n) is 5.06. The molecule has 0 aromatic heterocycles. The van der Waals surface area contributed by atoms with Gasteiger partial charge in [-0.3, -0.25) is 0 Å². The van der Waals surface area contributed by atoms with E-state index in [4.69, 9.17) is 4.74 Å². The van der Waals surface area contributed by atoms with Gasteiger partial charge in [0.2, 0.25) is 10.0 Å². The van der Waals surface area contributed by atoms with Crippen molar-refractivity contribution < 1.29 is 13.2 Å². The van der Waals surface area contributed by atoms with Crippen molar-refractivity contribution in [1.82, 2.24) is 10.0 Å². The fourth-order valence-corrected chi connectivity index (χ4v) is 3.63. The molecule has 1 aromatic rings. The van der Waals surface area contributed by atoms with E-state index >= 15 is 0 Å². The highest BCUT2D eigenvalue weighted by atomic mass is 32.2. The van der Waals surface area contributed by atoms with Gasteiger partial charge in [0.15, 0.2) is 0 Å². The van der Waals surface area contributed by atoms with Crippen LogP contribution in [0.25, 0.3) is 0 Å². The van der Waals surface area contributed by atoms with E-state index in [1.807, 2.05) is 32.9 Å². The standard InChI is InChI=1S/C15H26N2O3S/c1-5-14(11-20-4)17-21(18,19)15-9-13(10-16-6-2)8-7-12(15)3/h7-9,14,16-17H,5-6,10-11H2,1-4H3. The van der Waals surface area contributed by atoms with E-state index in [0.29, 0.717) is 24.5 Å². The number of methoxy groups -OCH3 is 1. The number of rotatable bonds is 9. The predicted molar refractivity (Wildman–Crippen MR) is 84.8 cm³/mol. The molecule has 0 radical (unpaired) electrons. The molecular formula is C15H26N2O3S. The largest absolute Gasteiger partial charge is 0.383 e. The maximum atomic E-state index is 12.5. The highest BCUT2D eigenvalue weighted by molar-refractivity contribution is 7.89. The minimum Gasteiger partial charge on any atom is -0.383 e. The third-order valence-corrected chi connectivity index (χ3v) is 4.97. The number of sulfonamides is 1. The van der Waals surface area contributed by atoms with Crippen molar-refractivity contribution in [1.29, 1.82) is 0 Å². The van der Waals surface area contributed by atoms with E-state index in [0.717, 1.165) is 17.7 Å². The summed E-state index contributed by atoms with van der Waals surface area (Å²) in [5, 5.41) is 3.20. The lowest BCUT2D eigenvalue weighted by Gasteiger charge is -2.17. The lowest BCUT2D eigenvalue weighted by molar-refractivity contribution is 0.173. The summed E-state index contributed by atoms with van der Waals surface area (Å²) in [6.07, 6.45) is 0.684. The first-order valence-corrected chi connectivity index (χ1v) is 8.74. The molecule has 5 nitrogen and oxygen atoms in total. The van der Waals surface area contributed by atoms with Gasteiger partial charge in [-0.1, -0.05) is 26.0 Å². The molecule has 0 bridgehead atoms. The van der Waals surface area contributed by atoms with E-state index in [2.05, 4.69) is 10.0 Å². The van der Waals surface area contributed by atoms with Crippen LogP contribution in [0.4, 0.5) is 0 Å². The molecule has 0 aliphatic heterocycles. The molecular weight excluding hydrogens is 288 g/mol. The van der Waals surface area contributed by atoms with Gasteiger partial charge >= 0.3 is 0 Å². The maximum absolute atomic E-state index is 12.5. The molecule has 1 unspecified atom stereocenters. The monoisotopic (exact) mass is 314 g/mol. The van der Waals surface area contributed by atoms with Gasteiger partial charge in [0.25, 0.3) is 0 Å². The first-order chi connectivity index (χ1) is 9.94. The van der Waals surface area contributed by atoms with Crippen molar-refractivity contribution in [2.24, 2.45) is 0 Å². The number of ether oxygens (including phenoxy) is 1. The predicted octanol–water partition coefficient (Wildman–Crippen LogP) is 1.81. The molecule has 1 atom stereocenters. The van der Waals surface area contributed by atoms with Crippen molar-refractivity contribution in [3.8, 4) is 0 Å². The van der Waals surface area contributed by atoms with Crippen LogP contribution in [-0.4, -0.2) is 34.7 Å². The van der Waals surface area contributed by atoms with Crippen LogP contribution in [0.15, 0.2) is 23.1 Å². The molecule has 0 amide bonds. The number of hydrogen-bond donors (Lipinski definition) is 2. The SMILES string of the molecule is CCNCc1ccc(C)c(S(=O)(=O)NC(CC)COC)c1. The molecule has 21 heavy (non-hydrogen) atoms. The minimum absolute atomic E-state index is 0.211. The first kappa shape index (κ1) is 18.1. The lowest BCUT2D eigenvalue weighted by atomic mass is 10.1. The zero-order valence-corrected chi connectivity index (χ0v) is 14.1. The summed E-state index contributed by atoms with van der Waals surface area (Å²) in [5.74, 6) is 0. The number of aryl methyl sites for hydroxylation is 1. The van der Waals surface area contributed by atoms with E-state index in [-0.39, 0.29) is 6.04 Å². The molecule has 0 heterocycles. The molecule has 0 saturated heterocycles. The van der Waals surface area contributed by atoms with Crippen molar-refractivity contribution >= 4 is 10.0 Å². The zero-order valence-electron chi connectivity index (χ0n) is 13.3. The number of nitrogens with one attached hydrogen (secondary N) is 2. The smallest absolute Gasteiger partial charge is 0.241 e. The number of hydrogen-bond acceptors (Lipinski definition) is 4. The van der Waals surface area contributed by atoms with Gasteiger partial charge in [0.1, 0.15) is 0 Å². The molecule has 0 aliphatic carbocycles. The zero-order chi connectivity index (χ0) is 15.9. The van der Waals surface area contributed by atoms with Gasteiger partial charge in [0.05, 0.1) is 11.5 Å². The normalized spacial score (nSPS) is 13.3. The Kier molecular flexibility index (Phi) is 7.31. The van der Waals surface area contributed by atoms with E-state index in [9.17, 15) is 8.42 Å². The van der Waals surface area contributed by atoms with Gasteiger partial charge in [-0.25, -0.2) is 13.1 Å². The molecule has 0 spiro atoms.